The van der Waals surface area contributed by atoms with Crippen LogP contribution in [0.1, 0.15) is 0 Å². The molecule has 2 rings (SSSR count). The zero-order valence-electron chi connectivity index (χ0n) is 9.72. The topological polar surface area (TPSA) is 90.2 Å². The van der Waals surface area contributed by atoms with Crippen molar-refractivity contribution in [2.45, 2.75) is 0 Å². The van der Waals surface area contributed by atoms with Crippen molar-refractivity contribution < 1.29 is 19.8 Å². The predicted molar refractivity (Wildman–Crippen MR) is 66.0 cm³/mol. The molecular weight excluding hydrogens is 248 g/mol. The molecule has 0 bridgehead atoms. The molecule has 0 amide bonds. The van der Waals surface area contributed by atoms with E-state index in [1.165, 1.54) is 6.20 Å². The minimum Gasteiger partial charge on any atom is -0.478 e. The molecule has 0 aromatic heterocycles. The van der Waals surface area contributed by atoms with Crippen LogP contribution in [0.4, 0.5) is 0 Å². The van der Waals surface area contributed by atoms with Gasteiger partial charge in [-0.2, -0.15) is 5.10 Å². The van der Waals surface area contributed by atoms with Gasteiger partial charge in [-0.25, -0.2) is 14.6 Å². The van der Waals surface area contributed by atoms with Gasteiger partial charge in [0, 0.05) is 11.4 Å². The van der Waals surface area contributed by atoms with Crippen LogP contribution in [0, 0.1) is 0 Å². The molecule has 0 saturated carbocycles. The van der Waals surface area contributed by atoms with Gasteiger partial charge >= 0.3 is 11.9 Å². The number of carbonyl (C=O) groups is 2. The molecule has 0 fully saturated rings. The third-order valence-electron chi connectivity index (χ3n) is 2.38. The third kappa shape index (κ3) is 2.86. The van der Waals surface area contributed by atoms with Crippen molar-refractivity contribution in [3.05, 3.63) is 58.9 Å². The number of hydrogen-bond acceptors (Lipinski definition) is 4. The number of benzene rings is 1. The largest absolute Gasteiger partial charge is 0.478 e. The van der Waals surface area contributed by atoms with Gasteiger partial charge in [-0.05, 0) is 12.1 Å². The summed E-state index contributed by atoms with van der Waals surface area (Å²) in [6.45, 7) is 0. The number of aliphatic carboxylic acids is 2. The van der Waals surface area contributed by atoms with Crippen LogP contribution in [-0.2, 0) is 9.59 Å². The summed E-state index contributed by atoms with van der Waals surface area (Å²) in [5, 5.41) is 24.2. The summed E-state index contributed by atoms with van der Waals surface area (Å²) in [6, 6.07) is 7.14. The Hall–Kier alpha value is -2.89. The lowest BCUT2D eigenvalue weighted by Gasteiger charge is -2.13. The van der Waals surface area contributed by atoms with Crippen LogP contribution in [0.2, 0.25) is 0 Å². The maximum absolute atomic E-state index is 11.1. The number of allylic oxidation sites excluding steroid dienone is 1. The molecule has 1 aromatic rings. The van der Waals surface area contributed by atoms with E-state index in [1.54, 1.807) is 24.3 Å². The summed E-state index contributed by atoms with van der Waals surface area (Å²) in [7, 11) is 0. The highest BCUT2D eigenvalue weighted by atomic mass is 16.4. The number of rotatable bonds is 3. The van der Waals surface area contributed by atoms with E-state index in [0.29, 0.717) is 11.4 Å². The second kappa shape index (κ2) is 5.18. The van der Waals surface area contributed by atoms with Gasteiger partial charge in [0.05, 0.1) is 11.4 Å². The maximum atomic E-state index is 11.1. The molecule has 96 valence electrons. The number of carboxylic acids is 2. The lowest BCUT2D eigenvalue weighted by atomic mass is 10.3. The Morgan fingerprint density at radius 3 is 2.63 bits per heavy atom. The van der Waals surface area contributed by atoms with Crippen LogP contribution >= 0.6 is 0 Å². The van der Waals surface area contributed by atoms with Gasteiger partial charge in [-0.3, -0.25) is 0 Å². The Bertz CT molecular complexity index is 704. The second-order valence-corrected chi connectivity index (χ2v) is 3.68. The summed E-state index contributed by atoms with van der Waals surface area (Å²) in [5.74, 6) is -2.71. The van der Waals surface area contributed by atoms with Gasteiger partial charge in [0.1, 0.15) is 0 Å². The molecule has 1 aliphatic heterocycles. The molecule has 0 spiro atoms. The normalized spacial score (nSPS) is 13.9. The number of carboxylic acid groups (broad SMARTS) is 2. The number of fused-ring (bicyclic) bond motifs is 1. The summed E-state index contributed by atoms with van der Waals surface area (Å²) in [5.41, 5.74) is -0.436. The molecular formula is C13H10N2O4. The average molecular weight is 258 g/mol. The molecule has 1 aromatic carbocycles. The molecule has 0 radical (unpaired) electrons. The Labute approximate surface area is 107 Å². The Morgan fingerprint density at radius 1 is 1.21 bits per heavy atom. The monoisotopic (exact) mass is 258 g/mol. The van der Waals surface area contributed by atoms with Crippen LogP contribution in [-0.4, -0.2) is 27.2 Å². The first-order valence-electron chi connectivity index (χ1n) is 5.37. The van der Waals surface area contributed by atoms with E-state index in [9.17, 15) is 9.59 Å². The van der Waals surface area contributed by atoms with Crippen LogP contribution in [0.5, 0.6) is 0 Å². The summed E-state index contributed by atoms with van der Waals surface area (Å²) in [4.78, 5) is 21.7. The van der Waals surface area contributed by atoms with E-state index in [2.05, 4.69) is 5.10 Å². The van der Waals surface area contributed by atoms with Crippen molar-refractivity contribution in [2.24, 2.45) is 5.10 Å². The van der Waals surface area contributed by atoms with Gasteiger partial charge in [-0.1, -0.05) is 24.3 Å². The first-order valence-corrected chi connectivity index (χ1v) is 5.37. The van der Waals surface area contributed by atoms with Gasteiger partial charge in [0.2, 0.25) is 0 Å². The van der Waals surface area contributed by atoms with Gasteiger partial charge in [-0.15, -0.1) is 0 Å². The molecule has 1 aliphatic rings. The number of nitrogens with zero attached hydrogens (tertiary/aromatic N) is 2. The maximum Gasteiger partial charge on any atom is 0.354 e. The fourth-order valence-electron chi connectivity index (χ4n) is 1.57. The zero-order chi connectivity index (χ0) is 13.8. The minimum atomic E-state index is -1.37. The summed E-state index contributed by atoms with van der Waals surface area (Å²) < 4.78 is 0. The van der Waals surface area contributed by atoms with E-state index in [1.807, 2.05) is 12.1 Å². The fraction of sp³-hybridized carbons (Fsp3) is 0. The average Bonchev–Trinajstić information content (AvgIpc) is 2.57. The Balaban J connectivity index is 2.55. The third-order valence-corrected chi connectivity index (χ3v) is 2.38. The van der Waals surface area contributed by atoms with E-state index < -0.39 is 17.6 Å². The molecule has 1 heterocycles. The molecule has 0 aliphatic carbocycles. The van der Waals surface area contributed by atoms with Crippen LogP contribution in [0.3, 0.4) is 0 Å². The van der Waals surface area contributed by atoms with E-state index in [0.717, 1.165) is 10.2 Å². The lowest BCUT2D eigenvalue weighted by molar-refractivity contribution is -0.136. The minimum absolute atomic E-state index is 0.436. The van der Waals surface area contributed by atoms with E-state index in [4.69, 9.17) is 10.2 Å². The van der Waals surface area contributed by atoms with Gasteiger partial charge < -0.3 is 10.2 Å². The molecule has 0 saturated heterocycles. The van der Waals surface area contributed by atoms with E-state index >= 15 is 0 Å². The predicted octanol–water partition coefficient (Wildman–Crippen LogP) is -0.116. The van der Waals surface area contributed by atoms with E-state index in [-0.39, 0.29) is 0 Å². The van der Waals surface area contributed by atoms with Gasteiger partial charge in [0.25, 0.3) is 0 Å². The second-order valence-electron chi connectivity index (χ2n) is 3.68. The van der Waals surface area contributed by atoms with Crippen molar-refractivity contribution in [3.63, 3.8) is 0 Å². The van der Waals surface area contributed by atoms with Crippen molar-refractivity contribution in [1.29, 1.82) is 0 Å². The summed E-state index contributed by atoms with van der Waals surface area (Å²) in [6.07, 6.45) is 5.36. The molecule has 6 heteroatoms. The van der Waals surface area contributed by atoms with Crippen LogP contribution in [0.15, 0.2) is 53.4 Å². The molecule has 0 unspecified atom stereocenters. The smallest absolute Gasteiger partial charge is 0.354 e. The van der Waals surface area contributed by atoms with Crippen molar-refractivity contribution in [3.8, 4) is 0 Å². The standard InChI is InChI=1S/C13H10N2O4/c16-12(17)8-11(13(18)19)15-7-3-5-9-4-1-2-6-10(9)14-15/h1-8H,(H,16,17)(H,18,19)/b11-8+. The Kier molecular flexibility index (Phi) is 3.42. The number of hydrogen-bond donors (Lipinski definition) is 2. The van der Waals surface area contributed by atoms with Crippen molar-refractivity contribution in [1.82, 2.24) is 5.01 Å². The quantitative estimate of drug-likeness (QED) is 0.738. The zero-order valence-corrected chi connectivity index (χ0v) is 9.72. The lowest BCUT2D eigenvalue weighted by Crippen LogP contribution is -2.28. The molecule has 6 nitrogen and oxygen atoms in total. The Morgan fingerprint density at radius 2 is 1.95 bits per heavy atom. The highest BCUT2D eigenvalue weighted by Crippen LogP contribution is 2.07. The first-order chi connectivity index (χ1) is 9.08. The molecule has 19 heavy (non-hydrogen) atoms. The van der Waals surface area contributed by atoms with Crippen LogP contribution < -0.4 is 10.6 Å². The molecule has 2 N–H and O–H groups in total. The first kappa shape index (κ1) is 12.6. The highest BCUT2D eigenvalue weighted by Gasteiger charge is 2.16. The van der Waals surface area contributed by atoms with Crippen molar-refractivity contribution in [2.75, 3.05) is 0 Å². The molecule has 0 atom stereocenters. The SMILES string of the molecule is O=C(O)/C=C(\C(=O)O)N1C=CC=c2ccccc2=N1. The van der Waals surface area contributed by atoms with Crippen molar-refractivity contribution >= 4 is 18.0 Å². The van der Waals surface area contributed by atoms with Crippen LogP contribution in [0.25, 0.3) is 6.08 Å². The fourth-order valence-corrected chi connectivity index (χ4v) is 1.57. The highest BCUT2D eigenvalue weighted by molar-refractivity contribution is 5.94. The van der Waals surface area contributed by atoms with Gasteiger partial charge in [0.15, 0.2) is 5.70 Å². The summed E-state index contributed by atoms with van der Waals surface area (Å²) >= 11 is 0.